The van der Waals surface area contributed by atoms with Crippen LogP contribution >= 0.6 is 0 Å². The van der Waals surface area contributed by atoms with Crippen LogP contribution in [0.2, 0.25) is 0 Å². The molecule has 0 aliphatic rings. The molecule has 0 bridgehead atoms. The average molecular weight is 255 g/mol. The molecule has 2 aromatic heterocycles. The summed E-state index contributed by atoms with van der Waals surface area (Å²) in [5, 5.41) is 4.34. The van der Waals surface area contributed by atoms with Gasteiger partial charge in [0.05, 0.1) is 5.69 Å². The zero-order chi connectivity index (χ0) is 12.7. The Labute approximate surface area is 102 Å². The van der Waals surface area contributed by atoms with Crippen LogP contribution in [0.15, 0.2) is 0 Å². The normalized spacial score (nSPS) is 15.3. The standard InChI is InChI=1S/C10H17N5OS/c1-6(17(4)16)5-15-9-8(12-10(15)11)7(2)13-14(9)3/h6H,5H2,1-4H3,(H2,11,12). The third-order valence-corrected chi connectivity index (χ3v) is 4.21. The van der Waals surface area contributed by atoms with Crippen LogP contribution in [0.1, 0.15) is 12.6 Å². The summed E-state index contributed by atoms with van der Waals surface area (Å²) >= 11 is 0. The molecule has 6 nitrogen and oxygen atoms in total. The highest BCUT2D eigenvalue weighted by Crippen LogP contribution is 2.20. The van der Waals surface area contributed by atoms with Crippen molar-refractivity contribution in [1.29, 1.82) is 0 Å². The summed E-state index contributed by atoms with van der Waals surface area (Å²) in [5.41, 5.74) is 8.46. The van der Waals surface area contributed by atoms with Gasteiger partial charge in [0.2, 0.25) is 5.95 Å². The molecule has 2 heterocycles. The Hall–Kier alpha value is -1.37. The Kier molecular flexibility index (Phi) is 2.94. The first-order chi connectivity index (χ1) is 7.91. The predicted molar refractivity (Wildman–Crippen MR) is 69.2 cm³/mol. The Morgan fingerprint density at radius 1 is 1.53 bits per heavy atom. The topological polar surface area (TPSA) is 78.7 Å². The molecule has 17 heavy (non-hydrogen) atoms. The van der Waals surface area contributed by atoms with Gasteiger partial charge in [-0.05, 0) is 13.8 Å². The summed E-state index contributed by atoms with van der Waals surface area (Å²) < 4.78 is 15.1. The Morgan fingerprint density at radius 3 is 2.76 bits per heavy atom. The van der Waals surface area contributed by atoms with E-state index in [9.17, 15) is 4.21 Å². The van der Waals surface area contributed by atoms with Crippen molar-refractivity contribution in [1.82, 2.24) is 19.3 Å². The van der Waals surface area contributed by atoms with Gasteiger partial charge in [-0.15, -0.1) is 0 Å². The highest BCUT2D eigenvalue weighted by molar-refractivity contribution is 7.84. The lowest BCUT2D eigenvalue weighted by molar-refractivity contribution is 0.641. The van der Waals surface area contributed by atoms with Crippen LogP contribution in [-0.2, 0) is 24.4 Å². The van der Waals surface area contributed by atoms with Crippen molar-refractivity contribution in [2.75, 3.05) is 12.0 Å². The van der Waals surface area contributed by atoms with Gasteiger partial charge in [0, 0.05) is 35.9 Å². The van der Waals surface area contributed by atoms with Crippen LogP contribution in [0, 0.1) is 6.92 Å². The molecule has 0 fully saturated rings. The van der Waals surface area contributed by atoms with Gasteiger partial charge in [0.15, 0.2) is 5.65 Å². The monoisotopic (exact) mass is 255 g/mol. The van der Waals surface area contributed by atoms with Crippen molar-refractivity contribution in [3.63, 3.8) is 0 Å². The second-order valence-corrected chi connectivity index (χ2v) is 6.07. The Bertz CT molecular complexity index is 585. The molecule has 2 N–H and O–H groups in total. The van der Waals surface area contributed by atoms with Crippen LogP contribution in [0.5, 0.6) is 0 Å². The number of nitrogens with two attached hydrogens (primary N) is 1. The van der Waals surface area contributed by atoms with E-state index in [4.69, 9.17) is 5.73 Å². The molecule has 0 radical (unpaired) electrons. The lowest BCUT2D eigenvalue weighted by Gasteiger charge is -2.11. The smallest absolute Gasteiger partial charge is 0.202 e. The van der Waals surface area contributed by atoms with Gasteiger partial charge in [-0.2, -0.15) is 5.10 Å². The highest BCUT2D eigenvalue weighted by Gasteiger charge is 2.18. The number of imidazole rings is 1. The zero-order valence-electron chi connectivity index (χ0n) is 10.5. The fraction of sp³-hybridized carbons (Fsp3) is 0.600. The molecule has 2 rings (SSSR count). The van der Waals surface area contributed by atoms with Crippen molar-refractivity contribution in [2.24, 2.45) is 7.05 Å². The van der Waals surface area contributed by atoms with Gasteiger partial charge in [0.1, 0.15) is 5.52 Å². The Balaban J connectivity index is 2.53. The average Bonchev–Trinajstić information content (AvgIpc) is 2.68. The fourth-order valence-corrected chi connectivity index (χ4v) is 2.25. The van der Waals surface area contributed by atoms with E-state index < -0.39 is 10.8 Å². The summed E-state index contributed by atoms with van der Waals surface area (Å²) in [6.07, 6.45) is 1.70. The fourth-order valence-electron chi connectivity index (χ4n) is 1.89. The molecular formula is C10H17N5OS. The number of hydrogen-bond donors (Lipinski definition) is 1. The van der Waals surface area contributed by atoms with Crippen LogP contribution in [-0.4, -0.2) is 35.0 Å². The van der Waals surface area contributed by atoms with Crippen molar-refractivity contribution in [3.8, 4) is 0 Å². The summed E-state index contributed by atoms with van der Waals surface area (Å²) in [4.78, 5) is 4.30. The largest absolute Gasteiger partial charge is 0.369 e. The minimum absolute atomic E-state index is 0.0323. The van der Waals surface area contributed by atoms with Crippen LogP contribution in [0.3, 0.4) is 0 Å². The Morgan fingerprint density at radius 2 is 2.18 bits per heavy atom. The van der Waals surface area contributed by atoms with E-state index in [1.165, 1.54) is 0 Å². The number of nitrogens with zero attached hydrogens (tertiary/aromatic N) is 4. The number of nitrogen functional groups attached to an aromatic ring is 1. The van der Waals surface area contributed by atoms with Gasteiger partial charge in [0.25, 0.3) is 0 Å². The lowest BCUT2D eigenvalue weighted by Crippen LogP contribution is -2.19. The summed E-state index contributed by atoms with van der Waals surface area (Å²) in [6, 6.07) is 0. The van der Waals surface area contributed by atoms with Crippen molar-refractivity contribution in [3.05, 3.63) is 5.69 Å². The second kappa shape index (κ2) is 4.14. The van der Waals surface area contributed by atoms with Crippen LogP contribution in [0.25, 0.3) is 11.2 Å². The zero-order valence-corrected chi connectivity index (χ0v) is 11.3. The van der Waals surface area contributed by atoms with Crippen molar-refractivity contribution in [2.45, 2.75) is 25.6 Å². The summed E-state index contributed by atoms with van der Waals surface area (Å²) in [6.45, 7) is 4.43. The number of fused-ring (bicyclic) bond motifs is 1. The first kappa shape index (κ1) is 12.1. The molecule has 0 saturated heterocycles. The van der Waals surface area contributed by atoms with Crippen molar-refractivity contribution < 1.29 is 4.21 Å². The molecule has 2 atom stereocenters. The molecule has 0 saturated carbocycles. The van der Waals surface area contributed by atoms with E-state index in [1.54, 1.807) is 10.9 Å². The first-order valence-electron chi connectivity index (χ1n) is 5.39. The summed E-state index contributed by atoms with van der Waals surface area (Å²) in [7, 11) is 0.982. The minimum Gasteiger partial charge on any atom is -0.369 e. The third-order valence-electron chi connectivity index (χ3n) is 2.93. The van der Waals surface area contributed by atoms with E-state index in [1.807, 2.05) is 25.5 Å². The van der Waals surface area contributed by atoms with E-state index in [0.717, 1.165) is 16.9 Å². The first-order valence-corrected chi connectivity index (χ1v) is 7.01. The lowest BCUT2D eigenvalue weighted by atomic mass is 10.4. The van der Waals surface area contributed by atoms with Crippen LogP contribution in [0.4, 0.5) is 5.95 Å². The predicted octanol–water partition coefficient (Wildman–Crippen LogP) is 0.427. The van der Waals surface area contributed by atoms with Gasteiger partial charge < -0.3 is 5.73 Å². The van der Waals surface area contributed by atoms with Gasteiger partial charge in [-0.1, -0.05) is 0 Å². The van der Waals surface area contributed by atoms with Gasteiger partial charge in [-0.3, -0.25) is 13.5 Å². The number of aryl methyl sites for hydroxylation is 2. The highest BCUT2D eigenvalue weighted by atomic mass is 32.2. The molecule has 0 aliphatic carbocycles. The molecule has 0 aliphatic heterocycles. The number of rotatable bonds is 3. The maximum Gasteiger partial charge on any atom is 0.202 e. The molecule has 2 aromatic rings. The maximum absolute atomic E-state index is 11.4. The van der Waals surface area contributed by atoms with Gasteiger partial charge >= 0.3 is 0 Å². The van der Waals surface area contributed by atoms with E-state index in [-0.39, 0.29) is 5.25 Å². The molecule has 94 valence electrons. The molecular weight excluding hydrogens is 238 g/mol. The van der Waals surface area contributed by atoms with E-state index in [2.05, 4.69) is 10.1 Å². The molecule has 0 spiro atoms. The van der Waals surface area contributed by atoms with Gasteiger partial charge in [-0.25, -0.2) is 4.98 Å². The molecule has 0 amide bonds. The minimum atomic E-state index is -0.880. The maximum atomic E-state index is 11.4. The molecule has 2 unspecified atom stereocenters. The van der Waals surface area contributed by atoms with E-state index in [0.29, 0.717) is 12.5 Å². The second-order valence-electron chi connectivity index (χ2n) is 4.27. The number of hydrogen-bond acceptors (Lipinski definition) is 4. The summed E-state index contributed by atoms with van der Waals surface area (Å²) in [5.74, 6) is 0.452. The third kappa shape index (κ3) is 1.95. The molecule has 0 aromatic carbocycles. The number of anilines is 1. The quantitative estimate of drug-likeness (QED) is 0.862. The van der Waals surface area contributed by atoms with E-state index >= 15 is 0 Å². The molecule has 7 heteroatoms. The number of aromatic nitrogens is 4. The van der Waals surface area contributed by atoms with Crippen LogP contribution < -0.4 is 5.73 Å². The SMILES string of the molecule is Cc1nn(C)c2c1nc(N)n2CC(C)S(C)=O. The van der Waals surface area contributed by atoms with Crippen molar-refractivity contribution >= 4 is 27.9 Å².